The minimum atomic E-state index is -0.424. The fraction of sp³-hybridized carbons (Fsp3) is 0.0909. The number of nitrogens with one attached hydrogen (secondary N) is 1. The Labute approximate surface area is 117 Å². The molecule has 0 unspecified atom stereocenters. The van der Waals surface area contributed by atoms with Crippen molar-refractivity contribution in [2.24, 2.45) is 0 Å². The first kappa shape index (κ1) is 13.5. The van der Waals surface area contributed by atoms with Crippen molar-refractivity contribution < 1.29 is 9.72 Å². The maximum absolute atomic E-state index is 10.5. The van der Waals surface area contributed by atoms with Crippen molar-refractivity contribution >= 4 is 40.3 Å². The highest BCUT2D eigenvalue weighted by atomic mass is 32.2. The van der Waals surface area contributed by atoms with Crippen molar-refractivity contribution in [3.63, 3.8) is 0 Å². The molecule has 0 aliphatic carbocycles. The first-order valence-corrected chi connectivity index (χ1v) is 7.07. The minimum absolute atomic E-state index is 0.0791. The van der Waals surface area contributed by atoms with Crippen LogP contribution in [0.2, 0.25) is 0 Å². The lowest BCUT2D eigenvalue weighted by Crippen LogP contribution is -1.92. The fourth-order valence-electron chi connectivity index (χ4n) is 1.31. The van der Waals surface area contributed by atoms with E-state index < -0.39 is 4.92 Å². The molecule has 1 heterocycles. The molecule has 98 valence electrons. The lowest BCUT2D eigenvalue weighted by atomic mass is 10.3. The van der Waals surface area contributed by atoms with Crippen LogP contribution in [-0.4, -0.2) is 16.3 Å². The average Bonchev–Trinajstić information content (AvgIpc) is 2.85. The van der Waals surface area contributed by atoms with Crippen LogP contribution < -0.4 is 5.32 Å². The van der Waals surface area contributed by atoms with E-state index in [2.05, 4.69) is 10.3 Å². The molecule has 1 aromatic heterocycles. The van der Waals surface area contributed by atoms with Gasteiger partial charge in [-0.3, -0.25) is 14.9 Å². The predicted octanol–water partition coefficient (Wildman–Crippen LogP) is 2.91. The summed E-state index contributed by atoms with van der Waals surface area (Å²) in [6.07, 6.45) is 0.589. The van der Waals surface area contributed by atoms with Gasteiger partial charge < -0.3 is 5.32 Å². The summed E-state index contributed by atoms with van der Waals surface area (Å²) in [6.45, 7) is 0. The SMILES string of the molecule is O=CNc1nc(CSc2ccc([N+](=O)[O-])cc2)cs1. The third kappa shape index (κ3) is 3.76. The van der Waals surface area contributed by atoms with Crippen LogP contribution in [0.3, 0.4) is 0 Å². The van der Waals surface area contributed by atoms with Crippen molar-refractivity contribution in [2.45, 2.75) is 10.6 Å². The number of nitro groups is 1. The van der Waals surface area contributed by atoms with Gasteiger partial charge >= 0.3 is 0 Å². The number of benzene rings is 1. The number of hydrogen-bond acceptors (Lipinski definition) is 6. The van der Waals surface area contributed by atoms with E-state index in [9.17, 15) is 14.9 Å². The van der Waals surface area contributed by atoms with Gasteiger partial charge in [0.25, 0.3) is 5.69 Å². The normalized spacial score (nSPS) is 10.1. The maximum atomic E-state index is 10.5. The Balaban J connectivity index is 1.93. The van der Waals surface area contributed by atoms with Crippen molar-refractivity contribution in [1.82, 2.24) is 4.98 Å². The number of amides is 1. The first-order valence-electron chi connectivity index (χ1n) is 5.21. The van der Waals surface area contributed by atoms with Gasteiger partial charge in [0.15, 0.2) is 5.13 Å². The summed E-state index contributed by atoms with van der Waals surface area (Å²) in [6, 6.07) is 6.37. The molecule has 6 nitrogen and oxygen atoms in total. The van der Waals surface area contributed by atoms with E-state index in [-0.39, 0.29) is 5.69 Å². The van der Waals surface area contributed by atoms with Gasteiger partial charge in [-0.25, -0.2) is 4.98 Å². The van der Waals surface area contributed by atoms with Crippen molar-refractivity contribution in [3.8, 4) is 0 Å². The van der Waals surface area contributed by atoms with Gasteiger partial charge in [0, 0.05) is 28.2 Å². The Bertz CT molecular complexity index is 583. The van der Waals surface area contributed by atoms with E-state index in [1.165, 1.54) is 35.2 Å². The molecule has 0 spiro atoms. The predicted molar refractivity (Wildman–Crippen MR) is 74.5 cm³/mol. The van der Waals surface area contributed by atoms with Crippen molar-refractivity contribution in [3.05, 3.63) is 45.5 Å². The summed E-state index contributed by atoms with van der Waals surface area (Å²) in [5, 5.41) is 15.4. The van der Waals surface area contributed by atoms with E-state index >= 15 is 0 Å². The topological polar surface area (TPSA) is 85.1 Å². The number of carbonyl (C=O) groups is 1. The van der Waals surface area contributed by atoms with Gasteiger partial charge in [0.1, 0.15) is 0 Å². The number of anilines is 1. The number of rotatable bonds is 6. The summed E-state index contributed by atoms with van der Waals surface area (Å²) in [5.41, 5.74) is 0.938. The van der Waals surface area contributed by atoms with Gasteiger partial charge in [-0.2, -0.15) is 0 Å². The third-order valence-corrected chi connectivity index (χ3v) is 4.04. The molecule has 0 saturated carbocycles. The number of nitro benzene ring substituents is 1. The molecule has 0 fully saturated rings. The molecule has 1 N–H and O–H groups in total. The number of non-ortho nitro benzene ring substituents is 1. The third-order valence-electron chi connectivity index (χ3n) is 2.17. The van der Waals surface area contributed by atoms with Crippen LogP contribution >= 0.6 is 23.1 Å². The highest BCUT2D eigenvalue weighted by Gasteiger charge is 2.05. The van der Waals surface area contributed by atoms with E-state index in [4.69, 9.17) is 0 Å². The van der Waals surface area contributed by atoms with Crippen LogP contribution in [-0.2, 0) is 10.5 Å². The summed E-state index contributed by atoms with van der Waals surface area (Å²) in [7, 11) is 0. The molecule has 2 rings (SSSR count). The lowest BCUT2D eigenvalue weighted by molar-refractivity contribution is -0.384. The molecule has 0 aliphatic rings. The summed E-state index contributed by atoms with van der Waals surface area (Å²) >= 11 is 2.89. The molecule has 19 heavy (non-hydrogen) atoms. The highest BCUT2D eigenvalue weighted by Crippen LogP contribution is 2.26. The summed E-state index contributed by atoms with van der Waals surface area (Å²) in [5.74, 6) is 0.648. The molecule has 1 amide bonds. The number of thiazole rings is 1. The van der Waals surface area contributed by atoms with Gasteiger partial charge in [-0.1, -0.05) is 0 Å². The van der Waals surface area contributed by atoms with Crippen molar-refractivity contribution in [2.75, 3.05) is 5.32 Å². The van der Waals surface area contributed by atoms with E-state index in [0.29, 0.717) is 17.3 Å². The molecule has 2 aromatic rings. The smallest absolute Gasteiger partial charge is 0.269 e. The maximum Gasteiger partial charge on any atom is 0.269 e. The van der Waals surface area contributed by atoms with Crippen LogP contribution in [0.1, 0.15) is 5.69 Å². The van der Waals surface area contributed by atoms with E-state index in [1.807, 2.05) is 5.38 Å². The van der Waals surface area contributed by atoms with Gasteiger partial charge in [0.2, 0.25) is 6.41 Å². The molecule has 8 heteroatoms. The Morgan fingerprint density at radius 3 is 2.79 bits per heavy atom. The van der Waals surface area contributed by atoms with Crippen molar-refractivity contribution in [1.29, 1.82) is 0 Å². The average molecular weight is 295 g/mol. The molecular formula is C11H9N3O3S2. The highest BCUT2D eigenvalue weighted by molar-refractivity contribution is 7.98. The second kappa shape index (κ2) is 6.30. The Morgan fingerprint density at radius 2 is 2.16 bits per heavy atom. The molecule has 0 saturated heterocycles. The summed E-state index contributed by atoms with van der Waals surface area (Å²) < 4.78 is 0. The first-order chi connectivity index (χ1) is 9.19. The fourth-order valence-corrected chi connectivity index (χ4v) is 2.88. The van der Waals surface area contributed by atoms with Crippen LogP contribution in [0.15, 0.2) is 34.5 Å². The standard InChI is InChI=1S/C11H9N3O3S2/c15-7-12-11-13-8(6-19-11)5-18-10-3-1-9(2-4-10)14(16)17/h1-4,6-7H,5H2,(H,12,13,15). The molecule has 0 bridgehead atoms. The largest absolute Gasteiger partial charge is 0.305 e. The zero-order valence-corrected chi connectivity index (χ0v) is 11.2. The zero-order valence-electron chi connectivity index (χ0n) is 9.61. The molecule has 1 aromatic carbocycles. The van der Waals surface area contributed by atoms with E-state index in [0.717, 1.165) is 10.6 Å². The van der Waals surface area contributed by atoms with Gasteiger partial charge in [0.05, 0.1) is 10.6 Å². The number of carbonyl (C=O) groups excluding carboxylic acids is 1. The molecule has 0 radical (unpaired) electrons. The zero-order chi connectivity index (χ0) is 13.7. The number of thioether (sulfide) groups is 1. The molecule has 0 aliphatic heterocycles. The van der Waals surface area contributed by atoms with Crippen LogP contribution in [0.5, 0.6) is 0 Å². The van der Waals surface area contributed by atoms with Crippen LogP contribution in [0, 0.1) is 10.1 Å². The number of hydrogen-bond donors (Lipinski definition) is 1. The van der Waals surface area contributed by atoms with Crippen LogP contribution in [0.4, 0.5) is 10.8 Å². The van der Waals surface area contributed by atoms with E-state index in [1.54, 1.807) is 12.1 Å². The number of aromatic nitrogens is 1. The van der Waals surface area contributed by atoms with Gasteiger partial charge in [-0.15, -0.1) is 23.1 Å². The van der Waals surface area contributed by atoms with Crippen LogP contribution in [0.25, 0.3) is 0 Å². The molecule has 0 atom stereocenters. The second-order valence-electron chi connectivity index (χ2n) is 3.45. The lowest BCUT2D eigenvalue weighted by Gasteiger charge is -1.98. The monoisotopic (exact) mass is 295 g/mol. The quantitative estimate of drug-likeness (QED) is 0.383. The van der Waals surface area contributed by atoms with Gasteiger partial charge in [-0.05, 0) is 12.1 Å². The second-order valence-corrected chi connectivity index (χ2v) is 5.35. The Kier molecular flexibility index (Phi) is 4.48. The minimum Gasteiger partial charge on any atom is -0.305 e. The Morgan fingerprint density at radius 1 is 1.42 bits per heavy atom. The number of nitrogens with zero attached hydrogens (tertiary/aromatic N) is 2. The molecular weight excluding hydrogens is 286 g/mol. The Hall–Kier alpha value is -1.93. The summed E-state index contributed by atoms with van der Waals surface area (Å²) in [4.78, 5) is 25.5.